The van der Waals surface area contributed by atoms with Crippen LogP contribution in [-0.2, 0) is 14.6 Å². The van der Waals surface area contributed by atoms with Crippen molar-refractivity contribution in [3.8, 4) is 0 Å². The predicted octanol–water partition coefficient (Wildman–Crippen LogP) is 2.24. The number of carbonyl (C=O) groups is 1. The first-order valence-corrected chi connectivity index (χ1v) is 8.14. The maximum Gasteiger partial charge on any atom is 0.246 e. The third-order valence-electron chi connectivity index (χ3n) is 3.02. The van der Waals surface area contributed by atoms with Gasteiger partial charge in [0.05, 0.1) is 10.6 Å². The van der Waals surface area contributed by atoms with Crippen LogP contribution >= 0.6 is 0 Å². The highest BCUT2D eigenvalue weighted by Crippen LogP contribution is 2.13. The Labute approximate surface area is 120 Å². The van der Waals surface area contributed by atoms with Gasteiger partial charge < -0.3 is 5.32 Å². The van der Waals surface area contributed by atoms with Crippen molar-refractivity contribution in [1.82, 2.24) is 5.32 Å². The number of hydrogen-bond acceptors (Lipinski definition) is 3. The van der Waals surface area contributed by atoms with Crippen molar-refractivity contribution in [2.45, 2.75) is 38.6 Å². The van der Waals surface area contributed by atoms with E-state index in [9.17, 15) is 13.2 Å². The number of sulfone groups is 1. The standard InChI is InChI=1S/C15H21NO3S/c1-5-12(3)15(17)16-13(4)10-20(18,19)14-8-6-11(2)7-9-14/h5-9,13H,10H2,1-4H3,(H,16,17)/b12-5+. The maximum atomic E-state index is 12.2. The SMILES string of the molecule is C/C=C(\C)C(=O)NC(C)CS(=O)(=O)c1ccc(C)cc1. The summed E-state index contributed by atoms with van der Waals surface area (Å²) in [6, 6.07) is 6.27. The maximum absolute atomic E-state index is 12.2. The van der Waals surface area contributed by atoms with E-state index in [1.54, 1.807) is 51.1 Å². The van der Waals surface area contributed by atoms with Gasteiger partial charge in [0, 0.05) is 11.6 Å². The molecule has 5 heteroatoms. The molecule has 0 fully saturated rings. The molecule has 0 bridgehead atoms. The van der Waals surface area contributed by atoms with Crippen LogP contribution in [0.15, 0.2) is 40.8 Å². The van der Waals surface area contributed by atoms with Crippen LogP contribution in [0.2, 0.25) is 0 Å². The minimum absolute atomic E-state index is 0.112. The van der Waals surface area contributed by atoms with Gasteiger partial charge in [0.15, 0.2) is 9.84 Å². The van der Waals surface area contributed by atoms with Crippen molar-refractivity contribution < 1.29 is 13.2 Å². The van der Waals surface area contributed by atoms with Gasteiger partial charge in [-0.25, -0.2) is 8.42 Å². The van der Waals surface area contributed by atoms with E-state index in [0.717, 1.165) is 5.56 Å². The van der Waals surface area contributed by atoms with Crippen LogP contribution in [-0.4, -0.2) is 26.1 Å². The number of allylic oxidation sites excluding steroid dienone is 1. The Morgan fingerprint density at radius 2 is 1.85 bits per heavy atom. The second kappa shape index (κ2) is 6.70. The number of aryl methyl sites for hydroxylation is 1. The van der Waals surface area contributed by atoms with Crippen LogP contribution in [0.5, 0.6) is 0 Å². The Bertz CT molecular complexity index is 601. The molecule has 110 valence electrons. The Kier molecular flexibility index (Phi) is 5.51. The molecular weight excluding hydrogens is 274 g/mol. The quantitative estimate of drug-likeness (QED) is 0.847. The lowest BCUT2D eigenvalue weighted by Gasteiger charge is -2.14. The number of benzene rings is 1. The third-order valence-corrected chi connectivity index (χ3v) is 4.95. The molecule has 20 heavy (non-hydrogen) atoms. The average molecular weight is 295 g/mol. The van der Waals surface area contributed by atoms with Crippen molar-refractivity contribution in [3.63, 3.8) is 0 Å². The first kappa shape index (κ1) is 16.4. The van der Waals surface area contributed by atoms with Gasteiger partial charge in [-0.15, -0.1) is 0 Å². The normalized spacial score (nSPS) is 13.9. The van der Waals surface area contributed by atoms with Gasteiger partial charge >= 0.3 is 0 Å². The fourth-order valence-electron chi connectivity index (χ4n) is 1.68. The topological polar surface area (TPSA) is 63.2 Å². The number of hydrogen-bond donors (Lipinski definition) is 1. The molecule has 0 aliphatic carbocycles. The molecule has 1 aromatic carbocycles. The highest BCUT2D eigenvalue weighted by molar-refractivity contribution is 7.91. The second-order valence-electron chi connectivity index (χ2n) is 4.94. The molecule has 0 heterocycles. The summed E-state index contributed by atoms with van der Waals surface area (Å²) >= 11 is 0. The van der Waals surface area contributed by atoms with E-state index >= 15 is 0 Å². The summed E-state index contributed by atoms with van der Waals surface area (Å²) < 4.78 is 24.4. The first-order chi connectivity index (χ1) is 9.26. The molecule has 1 amide bonds. The van der Waals surface area contributed by atoms with E-state index in [2.05, 4.69) is 5.32 Å². The van der Waals surface area contributed by atoms with Gasteiger partial charge in [-0.3, -0.25) is 4.79 Å². The van der Waals surface area contributed by atoms with Crippen molar-refractivity contribution in [3.05, 3.63) is 41.5 Å². The smallest absolute Gasteiger partial charge is 0.246 e. The fraction of sp³-hybridized carbons (Fsp3) is 0.400. The fourth-order valence-corrected chi connectivity index (χ4v) is 3.17. The van der Waals surface area contributed by atoms with E-state index in [-0.39, 0.29) is 16.6 Å². The van der Waals surface area contributed by atoms with Crippen LogP contribution in [0, 0.1) is 6.92 Å². The molecular formula is C15H21NO3S. The Morgan fingerprint density at radius 3 is 2.35 bits per heavy atom. The largest absolute Gasteiger partial charge is 0.349 e. The lowest BCUT2D eigenvalue weighted by atomic mass is 10.2. The zero-order chi connectivity index (χ0) is 15.3. The summed E-state index contributed by atoms with van der Waals surface area (Å²) in [4.78, 5) is 12.0. The van der Waals surface area contributed by atoms with Crippen molar-refractivity contribution in [1.29, 1.82) is 0 Å². The number of carbonyl (C=O) groups excluding carboxylic acids is 1. The summed E-state index contributed by atoms with van der Waals surface area (Å²) in [5.74, 6) is -0.349. The highest BCUT2D eigenvalue weighted by Gasteiger charge is 2.19. The van der Waals surface area contributed by atoms with Gasteiger partial charge in [-0.1, -0.05) is 23.8 Å². The second-order valence-corrected chi connectivity index (χ2v) is 6.97. The number of rotatable bonds is 5. The summed E-state index contributed by atoms with van der Waals surface area (Å²) in [7, 11) is -3.39. The molecule has 0 saturated heterocycles. The monoisotopic (exact) mass is 295 g/mol. The number of amides is 1. The summed E-state index contributed by atoms with van der Waals surface area (Å²) in [5, 5.41) is 2.68. The minimum Gasteiger partial charge on any atom is -0.349 e. The summed E-state index contributed by atoms with van der Waals surface area (Å²) in [6.07, 6.45) is 1.69. The Morgan fingerprint density at radius 1 is 1.30 bits per heavy atom. The zero-order valence-electron chi connectivity index (χ0n) is 12.3. The van der Waals surface area contributed by atoms with Gasteiger partial charge in [-0.05, 0) is 39.8 Å². The van der Waals surface area contributed by atoms with Crippen LogP contribution in [0.25, 0.3) is 0 Å². The molecule has 0 aliphatic heterocycles. The van der Waals surface area contributed by atoms with Crippen molar-refractivity contribution in [2.24, 2.45) is 0 Å². The van der Waals surface area contributed by atoms with Crippen molar-refractivity contribution in [2.75, 3.05) is 5.75 Å². The third kappa shape index (κ3) is 4.49. The molecule has 1 aromatic rings. The molecule has 1 rings (SSSR count). The molecule has 0 radical (unpaired) electrons. The van der Waals surface area contributed by atoms with Crippen LogP contribution in [0.4, 0.5) is 0 Å². The summed E-state index contributed by atoms with van der Waals surface area (Å²) in [6.45, 7) is 7.05. The molecule has 1 N–H and O–H groups in total. The van der Waals surface area contributed by atoms with E-state index in [1.165, 1.54) is 0 Å². The van der Waals surface area contributed by atoms with Gasteiger partial charge in [-0.2, -0.15) is 0 Å². The summed E-state index contributed by atoms with van der Waals surface area (Å²) in [5.41, 5.74) is 1.58. The molecule has 1 unspecified atom stereocenters. The molecule has 0 saturated carbocycles. The molecule has 1 atom stereocenters. The lowest BCUT2D eigenvalue weighted by molar-refractivity contribution is -0.117. The molecule has 0 aromatic heterocycles. The van der Waals surface area contributed by atoms with Crippen LogP contribution in [0.3, 0.4) is 0 Å². The first-order valence-electron chi connectivity index (χ1n) is 6.49. The molecule has 0 aliphatic rings. The van der Waals surface area contributed by atoms with Crippen LogP contribution < -0.4 is 5.32 Å². The van der Waals surface area contributed by atoms with E-state index in [1.807, 2.05) is 6.92 Å². The van der Waals surface area contributed by atoms with Gasteiger partial charge in [0.25, 0.3) is 0 Å². The van der Waals surface area contributed by atoms with E-state index < -0.39 is 15.9 Å². The molecule has 0 spiro atoms. The highest BCUT2D eigenvalue weighted by atomic mass is 32.2. The van der Waals surface area contributed by atoms with Gasteiger partial charge in [0.2, 0.25) is 5.91 Å². The number of nitrogens with one attached hydrogen (secondary N) is 1. The van der Waals surface area contributed by atoms with Crippen LogP contribution in [0.1, 0.15) is 26.3 Å². The Balaban J connectivity index is 2.76. The lowest BCUT2D eigenvalue weighted by Crippen LogP contribution is -2.37. The average Bonchev–Trinajstić information content (AvgIpc) is 2.37. The molecule has 4 nitrogen and oxygen atoms in total. The van der Waals surface area contributed by atoms with Gasteiger partial charge in [0.1, 0.15) is 0 Å². The van der Waals surface area contributed by atoms with E-state index in [4.69, 9.17) is 0 Å². The van der Waals surface area contributed by atoms with E-state index in [0.29, 0.717) is 5.57 Å². The Hall–Kier alpha value is -1.62. The minimum atomic E-state index is -3.39. The zero-order valence-corrected chi connectivity index (χ0v) is 13.1. The van der Waals surface area contributed by atoms with Crippen molar-refractivity contribution >= 4 is 15.7 Å². The predicted molar refractivity (Wildman–Crippen MR) is 80.3 cm³/mol.